The van der Waals surface area contributed by atoms with E-state index in [-0.39, 0.29) is 27.3 Å². The van der Waals surface area contributed by atoms with Gasteiger partial charge in [-0.3, -0.25) is 4.79 Å². The van der Waals surface area contributed by atoms with Crippen molar-refractivity contribution in [3.8, 4) is 5.75 Å². The van der Waals surface area contributed by atoms with Gasteiger partial charge in [-0.15, -0.1) is 0 Å². The highest BCUT2D eigenvalue weighted by Crippen LogP contribution is 2.29. The molecule has 8 heteroatoms. The second-order valence-electron chi connectivity index (χ2n) is 5.42. The molecule has 0 unspecified atom stereocenters. The van der Waals surface area contributed by atoms with Gasteiger partial charge in [0.05, 0.1) is 12.1 Å². The molecule has 0 N–H and O–H groups in total. The van der Waals surface area contributed by atoms with Crippen LogP contribution in [0, 0.1) is 0 Å². The molecule has 0 fully saturated rings. The fourth-order valence-electron chi connectivity index (χ4n) is 2.29. The molecule has 0 bridgehead atoms. The zero-order valence-corrected chi connectivity index (χ0v) is 16.2. The SMILES string of the molecule is COc1ccc(C(C)=O)cc1CN(C)S(=O)(=O)c1cc(Cl)ccc1Cl. The van der Waals surface area contributed by atoms with Crippen molar-refractivity contribution in [1.29, 1.82) is 0 Å². The number of ketones is 1. The zero-order chi connectivity index (χ0) is 18.8. The van der Waals surface area contributed by atoms with E-state index in [1.165, 1.54) is 39.3 Å². The van der Waals surface area contributed by atoms with E-state index in [0.29, 0.717) is 16.9 Å². The topological polar surface area (TPSA) is 63.7 Å². The van der Waals surface area contributed by atoms with Gasteiger partial charge < -0.3 is 4.74 Å². The highest BCUT2D eigenvalue weighted by Gasteiger charge is 2.25. The molecule has 2 aromatic carbocycles. The van der Waals surface area contributed by atoms with E-state index in [4.69, 9.17) is 27.9 Å². The van der Waals surface area contributed by atoms with Gasteiger partial charge in [-0.25, -0.2) is 8.42 Å². The molecule has 0 spiro atoms. The smallest absolute Gasteiger partial charge is 0.244 e. The molecular formula is C17H17Cl2NO4S. The lowest BCUT2D eigenvalue weighted by Gasteiger charge is -2.20. The first-order chi connectivity index (χ1) is 11.7. The van der Waals surface area contributed by atoms with Crippen molar-refractivity contribution >= 4 is 39.0 Å². The van der Waals surface area contributed by atoms with Crippen LogP contribution in [0.4, 0.5) is 0 Å². The van der Waals surface area contributed by atoms with Crippen LogP contribution in [0.15, 0.2) is 41.3 Å². The summed E-state index contributed by atoms with van der Waals surface area (Å²) in [4.78, 5) is 11.5. The molecule has 0 aliphatic rings. The van der Waals surface area contributed by atoms with Gasteiger partial charge in [-0.1, -0.05) is 23.2 Å². The van der Waals surface area contributed by atoms with Crippen LogP contribution in [0.3, 0.4) is 0 Å². The van der Waals surface area contributed by atoms with Gasteiger partial charge in [-0.2, -0.15) is 4.31 Å². The van der Waals surface area contributed by atoms with Gasteiger partial charge in [0, 0.05) is 29.7 Å². The lowest BCUT2D eigenvalue weighted by Crippen LogP contribution is -2.27. The monoisotopic (exact) mass is 401 g/mol. The number of Topliss-reactive ketones (excluding diaryl/α,β-unsaturated/α-hetero) is 1. The number of carbonyl (C=O) groups is 1. The number of ether oxygens (including phenoxy) is 1. The predicted octanol–water partition coefficient (Wildman–Crippen LogP) is 4.03. The van der Waals surface area contributed by atoms with Crippen molar-refractivity contribution < 1.29 is 17.9 Å². The molecule has 25 heavy (non-hydrogen) atoms. The first-order valence-electron chi connectivity index (χ1n) is 7.26. The summed E-state index contributed by atoms with van der Waals surface area (Å²) in [6.45, 7) is 1.45. The minimum Gasteiger partial charge on any atom is -0.496 e. The van der Waals surface area contributed by atoms with Crippen molar-refractivity contribution in [3.63, 3.8) is 0 Å². The summed E-state index contributed by atoms with van der Waals surface area (Å²) in [6.07, 6.45) is 0. The van der Waals surface area contributed by atoms with Crippen molar-refractivity contribution in [3.05, 3.63) is 57.6 Å². The summed E-state index contributed by atoms with van der Waals surface area (Å²) < 4.78 is 32.0. The van der Waals surface area contributed by atoms with Crippen LogP contribution in [0.25, 0.3) is 0 Å². The Morgan fingerprint density at radius 1 is 1.16 bits per heavy atom. The highest BCUT2D eigenvalue weighted by atomic mass is 35.5. The molecular weight excluding hydrogens is 385 g/mol. The van der Waals surface area contributed by atoms with Crippen LogP contribution in [0.1, 0.15) is 22.8 Å². The normalized spacial score (nSPS) is 11.6. The molecule has 0 heterocycles. The van der Waals surface area contributed by atoms with Gasteiger partial charge >= 0.3 is 0 Å². The molecule has 0 amide bonds. The lowest BCUT2D eigenvalue weighted by atomic mass is 10.1. The summed E-state index contributed by atoms with van der Waals surface area (Å²) in [6, 6.07) is 9.14. The Bertz CT molecular complexity index is 913. The zero-order valence-electron chi connectivity index (χ0n) is 13.9. The predicted molar refractivity (Wildman–Crippen MR) is 98.1 cm³/mol. The van der Waals surface area contributed by atoms with E-state index in [0.717, 1.165) is 4.31 Å². The third-order valence-corrected chi connectivity index (χ3v) is 6.18. The summed E-state index contributed by atoms with van der Waals surface area (Å²) in [5, 5.41) is 0.355. The number of hydrogen-bond donors (Lipinski definition) is 0. The van der Waals surface area contributed by atoms with E-state index in [2.05, 4.69) is 0 Å². The van der Waals surface area contributed by atoms with Crippen molar-refractivity contribution in [1.82, 2.24) is 4.31 Å². The lowest BCUT2D eigenvalue weighted by molar-refractivity contribution is 0.101. The Kier molecular flexibility index (Phi) is 6.11. The van der Waals surface area contributed by atoms with E-state index < -0.39 is 10.0 Å². The molecule has 2 aromatic rings. The molecule has 0 atom stereocenters. The molecule has 0 saturated heterocycles. The Hall–Kier alpha value is -1.60. The standard InChI is InChI=1S/C17H17Cl2NO4S/c1-11(21)12-4-7-16(24-3)13(8-12)10-20(2)25(22,23)17-9-14(18)5-6-15(17)19/h4-9H,10H2,1-3H3. The number of sulfonamides is 1. The molecule has 2 rings (SSSR count). The average molecular weight is 402 g/mol. The van der Waals surface area contributed by atoms with Gasteiger partial charge in [0.2, 0.25) is 10.0 Å². The third-order valence-electron chi connectivity index (χ3n) is 3.66. The third kappa shape index (κ3) is 4.33. The fraction of sp³-hybridized carbons (Fsp3) is 0.235. The van der Waals surface area contributed by atoms with E-state index in [9.17, 15) is 13.2 Å². The molecule has 134 valence electrons. The number of hydrogen-bond acceptors (Lipinski definition) is 4. The van der Waals surface area contributed by atoms with E-state index >= 15 is 0 Å². The number of halogens is 2. The van der Waals surface area contributed by atoms with Crippen molar-refractivity contribution in [2.45, 2.75) is 18.4 Å². The number of benzene rings is 2. The van der Waals surface area contributed by atoms with Crippen LogP contribution >= 0.6 is 23.2 Å². The Balaban J connectivity index is 2.41. The number of rotatable bonds is 6. The molecule has 0 aromatic heterocycles. The number of nitrogens with zero attached hydrogens (tertiary/aromatic N) is 1. The summed E-state index contributed by atoms with van der Waals surface area (Å²) >= 11 is 11.9. The van der Waals surface area contributed by atoms with Crippen LogP contribution in [0.2, 0.25) is 10.0 Å². The van der Waals surface area contributed by atoms with Crippen LogP contribution < -0.4 is 4.74 Å². The molecule has 0 radical (unpaired) electrons. The van der Waals surface area contributed by atoms with Crippen LogP contribution in [0.5, 0.6) is 5.75 Å². The number of methoxy groups -OCH3 is 1. The van der Waals surface area contributed by atoms with Gasteiger partial charge in [0.1, 0.15) is 10.6 Å². The van der Waals surface area contributed by atoms with Gasteiger partial charge in [-0.05, 0) is 43.3 Å². The van der Waals surface area contributed by atoms with E-state index in [1.54, 1.807) is 18.2 Å². The van der Waals surface area contributed by atoms with Gasteiger partial charge in [0.15, 0.2) is 5.78 Å². The largest absolute Gasteiger partial charge is 0.496 e. The first kappa shape index (κ1) is 19.7. The quantitative estimate of drug-likeness (QED) is 0.685. The molecule has 0 saturated carbocycles. The molecule has 0 aliphatic carbocycles. The molecule has 0 aliphatic heterocycles. The number of carbonyl (C=O) groups excluding carboxylic acids is 1. The highest BCUT2D eigenvalue weighted by molar-refractivity contribution is 7.89. The maximum Gasteiger partial charge on any atom is 0.244 e. The maximum absolute atomic E-state index is 12.8. The summed E-state index contributed by atoms with van der Waals surface area (Å²) in [5.41, 5.74) is 1.04. The van der Waals surface area contributed by atoms with Crippen LogP contribution in [-0.4, -0.2) is 32.7 Å². The Labute approximate surface area is 157 Å². The fourth-order valence-corrected chi connectivity index (χ4v) is 4.17. The first-order valence-corrected chi connectivity index (χ1v) is 9.45. The van der Waals surface area contributed by atoms with Crippen LogP contribution in [-0.2, 0) is 16.6 Å². The molecule has 5 nitrogen and oxygen atoms in total. The Morgan fingerprint density at radius 2 is 1.84 bits per heavy atom. The maximum atomic E-state index is 12.8. The minimum absolute atomic E-state index is 0.00939. The summed E-state index contributed by atoms with van der Waals surface area (Å²) in [5.74, 6) is 0.372. The van der Waals surface area contributed by atoms with Crippen molar-refractivity contribution in [2.24, 2.45) is 0 Å². The van der Waals surface area contributed by atoms with Crippen molar-refractivity contribution in [2.75, 3.05) is 14.2 Å². The minimum atomic E-state index is -3.87. The average Bonchev–Trinajstić information content (AvgIpc) is 2.56. The van der Waals surface area contributed by atoms with Gasteiger partial charge in [0.25, 0.3) is 0 Å². The van der Waals surface area contributed by atoms with E-state index in [1.807, 2.05) is 0 Å². The Morgan fingerprint density at radius 3 is 2.44 bits per heavy atom. The second kappa shape index (κ2) is 7.74. The second-order valence-corrected chi connectivity index (χ2v) is 8.28. The summed E-state index contributed by atoms with van der Waals surface area (Å²) in [7, 11) is -0.968.